The minimum Gasteiger partial charge on any atom is -0.375 e. The van der Waals surface area contributed by atoms with Crippen molar-refractivity contribution in [2.75, 3.05) is 36.5 Å². The Kier molecular flexibility index (Phi) is 5.35. The molecule has 1 N–H and O–H groups in total. The fourth-order valence-electron chi connectivity index (χ4n) is 3.18. The molecule has 6 nitrogen and oxygen atoms in total. The number of ether oxygens (including phenoxy) is 1. The van der Waals surface area contributed by atoms with Crippen molar-refractivity contribution in [2.45, 2.75) is 38.7 Å². The Morgan fingerprint density at radius 1 is 1.33 bits per heavy atom. The lowest BCUT2D eigenvalue weighted by atomic mass is 10.1. The van der Waals surface area contributed by atoms with Gasteiger partial charge in [0.15, 0.2) is 0 Å². The topological polar surface area (TPSA) is 61.9 Å². The van der Waals surface area contributed by atoms with Gasteiger partial charge in [-0.1, -0.05) is 13.0 Å². The second-order valence-electron chi connectivity index (χ2n) is 6.33. The summed E-state index contributed by atoms with van der Waals surface area (Å²) >= 11 is 0. The van der Waals surface area contributed by atoms with Crippen LogP contribution in [-0.4, -0.2) is 49.2 Å². The Morgan fingerprint density at radius 2 is 2.21 bits per heavy atom. The highest BCUT2D eigenvalue weighted by molar-refractivity contribution is 5.95. The molecule has 3 amide bonds. The van der Waals surface area contributed by atoms with Crippen LogP contribution in [0.1, 0.15) is 32.6 Å². The molecule has 1 aromatic carbocycles. The molecule has 0 radical (unpaired) electrons. The molecular formula is C18H25N3O3. The zero-order chi connectivity index (χ0) is 16.9. The fraction of sp³-hybridized carbons (Fsp3) is 0.556. The summed E-state index contributed by atoms with van der Waals surface area (Å²) < 4.78 is 5.60. The Morgan fingerprint density at radius 3 is 3.00 bits per heavy atom. The monoisotopic (exact) mass is 331 g/mol. The van der Waals surface area contributed by atoms with Gasteiger partial charge < -0.3 is 19.9 Å². The van der Waals surface area contributed by atoms with E-state index in [0.29, 0.717) is 26.1 Å². The van der Waals surface area contributed by atoms with Crippen molar-refractivity contribution in [3.05, 3.63) is 24.3 Å². The van der Waals surface area contributed by atoms with Crippen LogP contribution in [0.4, 0.5) is 16.2 Å². The molecule has 2 fully saturated rings. The van der Waals surface area contributed by atoms with E-state index in [9.17, 15) is 9.59 Å². The van der Waals surface area contributed by atoms with Gasteiger partial charge in [-0.3, -0.25) is 4.79 Å². The van der Waals surface area contributed by atoms with Crippen molar-refractivity contribution >= 4 is 23.3 Å². The predicted molar refractivity (Wildman–Crippen MR) is 93.3 cm³/mol. The van der Waals surface area contributed by atoms with Crippen LogP contribution < -0.4 is 10.2 Å². The highest BCUT2D eigenvalue weighted by atomic mass is 16.5. The molecular weight excluding hydrogens is 306 g/mol. The van der Waals surface area contributed by atoms with Crippen molar-refractivity contribution < 1.29 is 14.3 Å². The number of piperidine rings is 1. The number of hydrogen-bond donors (Lipinski definition) is 1. The molecule has 6 heteroatoms. The highest BCUT2D eigenvalue weighted by Crippen LogP contribution is 2.24. The number of nitrogens with zero attached hydrogens (tertiary/aromatic N) is 2. The van der Waals surface area contributed by atoms with E-state index in [-0.39, 0.29) is 18.0 Å². The molecule has 1 atom stereocenters. The van der Waals surface area contributed by atoms with Crippen LogP contribution >= 0.6 is 0 Å². The lowest BCUT2D eigenvalue weighted by Crippen LogP contribution is -2.47. The van der Waals surface area contributed by atoms with E-state index in [1.165, 1.54) is 0 Å². The molecule has 130 valence electrons. The minimum absolute atomic E-state index is 0.112. The molecule has 2 heterocycles. The van der Waals surface area contributed by atoms with Crippen molar-refractivity contribution in [1.82, 2.24) is 4.90 Å². The van der Waals surface area contributed by atoms with Gasteiger partial charge in [-0.25, -0.2) is 4.79 Å². The van der Waals surface area contributed by atoms with E-state index in [1.807, 2.05) is 24.3 Å². The average molecular weight is 331 g/mol. The number of urea groups is 1. The van der Waals surface area contributed by atoms with Crippen molar-refractivity contribution in [3.8, 4) is 0 Å². The van der Waals surface area contributed by atoms with E-state index in [0.717, 1.165) is 37.2 Å². The quantitative estimate of drug-likeness (QED) is 0.926. The van der Waals surface area contributed by atoms with E-state index >= 15 is 0 Å². The maximum atomic E-state index is 12.5. The van der Waals surface area contributed by atoms with Gasteiger partial charge in [0.1, 0.15) is 0 Å². The summed E-state index contributed by atoms with van der Waals surface area (Å²) in [6.07, 6.45) is 3.59. The Balaban J connectivity index is 1.65. The second-order valence-corrected chi connectivity index (χ2v) is 6.33. The van der Waals surface area contributed by atoms with Gasteiger partial charge in [0, 0.05) is 37.4 Å². The molecule has 2 saturated heterocycles. The first-order chi connectivity index (χ1) is 11.7. The summed E-state index contributed by atoms with van der Waals surface area (Å²) in [5.41, 5.74) is 1.57. The predicted octanol–water partition coefficient (Wildman–Crippen LogP) is 2.85. The van der Waals surface area contributed by atoms with Crippen LogP contribution in [-0.2, 0) is 9.53 Å². The minimum atomic E-state index is -0.112. The molecule has 0 aromatic heterocycles. The summed E-state index contributed by atoms with van der Waals surface area (Å²) in [5.74, 6) is 0.156. The number of rotatable bonds is 3. The van der Waals surface area contributed by atoms with Gasteiger partial charge in [0.05, 0.1) is 12.7 Å². The molecule has 2 aliphatic rings. The van der Waals surface area contributed by atoms with Crippen molar-refractivity contribution in [3.63, 3.8) is 0 Å². The van der Waals surface area contributed by atoms with Gasteiger partial charge >= 0.3 is 6.03 Å². The van der Waals surface area contributed by atoms with Crippen LogP contribution in [0.5, 0.6) is 0 Å². The summed E-state index contributed by atoms with van der Waals surface area (Å²) in [6.45, 7) is 4.61. The SMILES string of the molecule is CCC1CN(C(=O)Nc2cccc(N3CCCCC3=O)c2)CCO1. The number of nitrogens with one attached hydrogen (secondary N) is 1. The normalized spacial score (nSPS) is 21.7. The zero-order valence-corrected chi connectivity index (χ0v) is 14.2. The van der Waals surface area contributed by atoms with Crippen LogP contribution in [0, 0.1) is 0 Å². The first-order valence-corrected chi connectivity index (χ1v) is 8.75. The molecule has 0 bridgehead atoms. The van der Waals surface area contributed by atoms with Gasteiger partial charge in [0.2, 0.25) is 5.91 Å². The number of morpholine rings is 1. The molecule has 2 aliphatic heterocycles. The summed E-state index contributed by atoms with van der Waals surface area (Å²) in [5, 5.41) is 2.94. The molecule has 1 unspecified atom stereocenters. The molecule has 1 aromatic rings. The van der Waals surface area contributed by atoms with Gasteiger partial charge in [0.25, 0.3) is 0 Å². The highest BCUT2D eigenvalue weighted by Gasteiger charge is 2.24. The van der Waals surface area contributed by atoms with Crippen molar-refractivity contribution in [2.24, 2.45) is 0 Å². The summed E-state index contributed by atoms with van der Waals surface area (Å²) in [4.78, 5) is 28.1. The van der Waals surface area contributed by atoms with Gasteiger partial charge in [-0.15, -0.1) is 0 Å². The standard InChI is InChI=1S/C18H25N3O3/c1-2-16-13-20(10-11-24-16)18(23)19-14-6-5-7-15(12-14)21-9-4-3-8-17(21)22/h5-7,12,16H,2-4,8-11,13H2,1H3,(H,19,23). The first kappa shape index (κ1) is 16.8. The summed E-state index contributed by atoms with van der Waals surface area (Å²) in [7, 11) is 0. The van der Waals surface area contributed by atoms with Crippen LogP contribution in [0.2, 0.25) is 0 Å². The second kappa shape index (κ2) is 7.66. The number of carbonyl (C=O) groups excluding carboxylic acids is 2. The Labute approximate surface area is 142 Å². The van der Waals surface area contributed by atoms with Gasteiger partial charge in [-0.2, -0.15) is 0 Å². The smallest absolute Gasteiger partial charge is 0.322 e. The average Bonchev–Trinajstić information content (AvgIpc) is 2.62. The van der Waals surface area contributed by atoms with Crippen LogP contribution in [0.25, 0.3) is 0 Å². The van der Waals surface area contributed by atoms with Gasteiger partial charge in [-0.05, 0) is 37.5 Å². The van der Waals surface area contributed by atoms with E-state index in [4.69, 9.17) is 4.74 Å². The number of anilines is 2. The number of carbonyl (C=O) groups is 2. The maximum absolute atomic E-state index is 12.5. The molecule has 3 rings (SSSR count). The third-order valence-electron chi connectivity index (χ3n) is 4.61. The largest absolute Gasteiger partial charge is 0.375 e. The fourth-order valence-corrected chi connectivity index (χ4v) is 3.18. The van der Waals surface area contributed by atoms with E-state index in [2.05, 4.69) is 12.2 Å². The van der Waals surface area contributed by atoms with Crippen LogP contribution in [0.15, 0.2) is 24.3 Å². The Bertz CT molecular complexity index is 605. The third-order valence-corrected chi connectivity index (χ3v) is 4.61. The number of hydrogen-bond acceptors (Lipinski definition) is 3. The number of amides is 3. The van der Waals surface area contributed by atoms with E-state index in [1.54, 1.807) is 9.80 Å². The van der Waals surface area contributed by atoms with Crippen LogP contribution in [0.3, 0.4) is 0 Å². The number of benzene rings is 1. The first-order valence-electron chi connectivity index (χ1n) is 8.75. The van der Waals surface area contributed by atoms with Crippen molar-refractivity contribution in [1.29, 1.82) is 0 Å². The Hall–Kier alpha value is -2.08. The molecule has 24 heavy (non-hydrogen) atoms. The maximum Gasteiger partial charge on any atom is 0.322 e. The molecule has 0 saturated carbocycles. The lowest BCUT2D eigenvalue weighted by Gasteiger charge is -2.32. The summed E-state index contributed by atoms with van der Waals surface area (Å²) in [6, 6.07) is 7.41. The third kappa shape index (κ3) is 3.87. The lowest BCUT2D eigenvalue weighted by molar-refractivity contribution is -0.119. The molecule has 0 spiro atoms. The van der Waals surface area contributed by atoms with E-state index < -0.39 is 0 Å². The zero-order valence-electron chi connectivity index (χ0n) is 14.2. The molecule has 0 aliphatic carbocycles.